The molecule has 1 atom stereocenters. The van der Waals surface area contributed by atoms with Crippen molar-refractivity contribution in [1.29, 1.82) is 0 Å². The van der Waals surface area contributed by atoms with Crippen LogP contribution in [0.2, 0.25) is 0 Å². The molecule has 28 heavy (non-hydrogen) atoms. The van der Waals surface area contributed by atoms with Crippen molar-refractivity contribution in [3.8, 4) is 0 Å². The third-order valence-electron chi connectivity index (χ3n) is 4.82. The SMILES string of the molecule is CN=C(NCCCc1ccc(C(C)C)cc1)N(C)Cc1csc(C(C)OC)n1. The molecule has 1 unspecified atom stereocenters. The third-order valence-corrected chi connectivity index (χ3v) is 5.87. The monoisotopic (exact) mass is 402 g/mol. The van der Waals surface area contributed by atoms with Gasteiger partial charge in [-0.05, 0) is 36.8 Å². The minimum atomic E-state index is 0.0381. The van der Waals surface area contributed by atoms with E-state index in [9.17, 15) is 0 Å². The van der Waals surface area contributed by atoms with E-state index in [2.05, 4.69) is 63.7 Å². The van der Waals surface area contributed by atoms with E-state index >= 15 is 0 Å². The van der Waals surface area contributed by atoms with Gasteiger partial charge in [-0.2, -0.15) is 0 Å². The van der Waals surface area contributed by atoms with E-state index in [4.69, 9.17) is 4.74 Å². The molecule has 0 aliphatic rings. The van der Waals surface area contributed by atoms with Gasteiger partial charge in [0.1, 0.15) is 11.1 Å². The average molecular weight is 403 g/mol. The molecule has 0 fully saturated rings. The van der Waals surface area contributed by atoms with E-state index < -0.39 is 0 Å². The highest BCUT2D eigenvalue weighted by molar-refractivity contribution is 7.09. The Kier molecular flexibility index (Phi) is 8.93. The molecule has 6 heteroatoms. The van der Waals surface area contributed by atoms with E-state index in [1.807, 2.05) is 21.0 Å². The zero-order chi connectivity index (χ0) is 20.5. The van der Waals surface area contributed by atoms with E-state index in [1.165, 1.54) is 11.1 Å². The number of rotatable bonds is 9. The third kappa shape index (κ3) is 6.60. The van der Waals surface area contributed by atoms with Crippen molar-refractivity contribution in [2.75, 3.05) is 27.7 Å². The molecule has 1 heterocycles. The number of hydrogen-bond donors (Lipinski definition) is 1. The van der Waals surface area contributed by atoms with Crippen molar-refractivity contribution in [2.24, 2.45) is 4.99 Å². The fourth-order valence-corrected chi connectivity index (χ4v) is 3.79. The number of ether oxygens (including phenoxy) is 1. The predicted molar refractivity (Wildman–Crippen MR) is 119 cm³/mol. The lowest BCUT2D eigenvalue weighted by Crippen LogP contribution is -2.39. The molecule has 0 saturated heterocycles. The van der Waals surface area contributed by atoms with Crippen LogP contribution in [0.1, 0.15) is 61.0 Å². The van der Waals surface area contributed by atoms with Gasteiger partial charge in [0.25, 0.3) is 0 Å². The molecule has 0 spiro atoms. The van der Waals surface area contributed by atoms with E-state index in [1.54, 1.807) is 18.4 Å². The van der Waals surface area contributed by atoms with Gasteiger partial charge in [-0.3, -0.25) is 4.99 Å². The van der Waals surface area contributed by atoms with Crippen LogP contribution in [0, 0.1) is 0 Å². The van der Waals surface area contributed by atoms with Crippen molar-refractivity contribution < 1.29 is 4.74 Å². The number of aryl methyl sites for hydroxylation is 1. The molecule has 5 nitrogen and oxygen atoms in total. The summed E-state index contributed by atoms with van der Waals surface area (Å²) >= 11 is 1.64. The van der Waals surface area contributed by atoms with E-state index in [-0.39, 0.29) is 6.10 Å². The number of nitrogens with one attached hydrogen (secondary N) is 1. The molecule has 0 amide bonds. The summed E-state index contributed by atoms with van der Waals surface area (Å²) < 4.78 is 5.34. The summed E-state index contributed by atoms with van der Waals surface area (Å²) in [5.74, 6) is 1.48. The fraction of sp³-hybridized carbons (Fsp3) is 0.545. The Balaban J connectivity index is 1.77. The topological polar surface area (TPSA) is 49.8 Å². The van der Waals surface area contributed by atoms with Gasteiger partial charge < -0.3 is 15.0 Å². The van der Waals surface area contributed by atoms with Crippen molar-refractivity contribution in [2.45, 2.75) is 52.2 Å². The van der Waals surface area contributed by atoms with Crippen molar-refractivity contribution >= 4 is 17.3 Å². The molecule has 1 aromatic carbocycles. The second kappa shape index (κ2) is 11.2. The molecule has 0 radical (unpaired) electrons. The summed E-state index contributed by atoms with van der Waals surface area (Å²) in [5, 5.41) is 6.56. The van der Waals surface area contributed by atoms with Crippen LogP contribution in [-0.4, -0.2) is 43.6 Å². The first-order valence-electron chi connectivity index (χ1n) is 9.92. The van der Waals surface area contributed by atoms with Crippen LogP contribution in [0.5, 0.6) is 0 Å². The van der Waals surface area contributed by atoms with Gasteiger partial charge in [0.05, 0.1) is 12.2 Å². The number of methoxy groups -OCH3 is 1. The molecule has 2 rings (SSSR count). The summed E-state index contributed by atoms with van der Waals surface area (Å²) in [4.78, 5) is 11.2. The van der Waals surface area contributed by atoms with Crippen LogP contribution >= 0.6 is 11.3 Å². The summed E-state index contributed by atoms with van der Waals surface area (Å²) in [7, 11) is 5.57. The lowest BCUT2D eigenvalue weighted by Gasteiger charge is -2.21. The highest BCUT2D eigenvalue weighted by Crippen LogP contribution is 2.21. The van der Waals surface area contributed by atoms with E-state index in [0.717, 1.165) is 42.6 Å². The summed E-state index contributed by atoms with van der Waals surface area (Å²) in [6.45, 7) is 8.09. The normalized spacial score (nSPS) is 13.0. The number of aromatic nitrogens is 1. The second-order valence-electron chi connectivity index (χ2n) is 7.38. The van der Waals surface area contributed by atoms with Crippen molar-refractivity contribution in [3.05, 3.63) is 51.5 Å². The highest BCUT2D eigenvalue weighted by Gasteiger charge is 2.12. The molecule has 154 valence electrons. The van der Waals surface area contributed by atoms with Gasteiger partial charge in [-0.15, -0.1) is 11.3 Å². The highest BCUT2D eigenvalue weighted by atomic mass is 32.1. The Hall–Kier alpha value is -1.92. The van der Waals surface area contributed by atoms with Gasteiger partial charge in [0, 0.05) is 33.1 Å². The molecule has 0 aliphatic carbocycles. The molecular weight excluding hydrogens is 368 g/mol. The first-order valence-corrected chi connectivity index (χ1v) is 10.8. The smallest absolute Gasteiger partial charge is 0.193 e. The van der Waals surface area contributed by atoms with Crippen LogP contribution in [0.15, 0.2) is 34.6 Å². The zero-order valence-electron chi connectivity index (χ0n) is 18.0. The van der Waals surface area contributed by atoms with Crippen molar-refractivity contribution in [3.63, 3.8) is 0 Å². The summed E-state index contributed by atoms with van der Waals surface area (Å²) in [6, 6.07) is 8.98. The van der Waals surface area contributed by atoms with Gasteiger partial charge in [-0.1, -0.05) is 38.1 Å². The van der Waals surface area contributed by atoms with Gasteiger partial charge in [0.15, 0.2) is 5.96 Å². The van der Waals surface area contributed by atoms with Gasteiger partial charge in [0.2, 0.25) is 0 Å². The molecule has 1 aromatic heterocycles. The minimum absolute atomic E-state index is 0.0381. The predicted octanol–water partition coefficient (Wildman–Crippen LogP) is 4.61. The number of thiazole rings is 1. The largest absolute Gasteiger partial charge is 0.375 e. The molecule has 0 saturated carbocycles. The fourth-order valence-electron chi connectivity index (χ4n) is 2.95. The van der Waals surface area contributed by atoms with Crippen LogP contribution < -0.4 is 5.32 Å². The average Bonchev–Trinajstić information content (AvgIpc) is 3.16. The lowest BCUT2D eigenvalue weighted by molar-refractivity contribution is 0.119. The molecular formula is C22H34N4OS. The number of nitrogens with zero attached hydrogens (tertiary/aromatic N) is 3. The lowest BCUT2D eigenvalue weighted by atomic mass is 10.0. The Labute approximate surface area is 173 Å². The van der Waals surface area contributed by atoms with Crippen LogP contribution in [0.25, 0.3) is 0 Å². The number of aliphatic imine (C=N–C) groups is 1. The Bertz CT molecular complexity index is 739. The molecule has 1 N–H and O–H groups in total. The van der Waals surface area contributed by atoms with Gasteiger partial charge >= 0.3 is 0 Å². The Morgan fingerprint density at radius 1 is 1.25 bits per heavy atom. The quantitative estimate of drug-likeness (QED) is 0.378. The number of hydrogen-bond acceptors (Lipinski definition) is 4. The maximum absolute atomic E-state index is 5.34. The Morgan fingerprint density at radius 2 is 1.96 bits per heavy atom. The Morgan fingerprint density at radius 3 is 2.57 bits per heavy atom. The van der Waals surface area contributed by atoms with Gasteiger partial charge in [-0.25, -0.2) is 4.98 Å². The number of benzene rings is 1. The standard InChI is InChI=1S/C22H34N4OS/c1-16(2)19-11-9-18(10-12-19)8-7-13-24-22(23-4)26(5)14-20-15-28-21(25-20)17(3)27-6/h9-12,15-17H,7-8,13-14H2,1-6H3,(H,23,24). The maximum atomic E-state index is 5.34. The van der Waals surface area contributed by atoms with Crippen LogP contribution in [-0.2, 0) is 17.7 Å². The second-order valence-corrected chi connectivity index (χ2v) is 8.27. The number of guanidine groups is 1. The first kappa shape index (κ1) is 22.4. The zero-order valence-corrected chi connectivity index (χ0v) is 18.8. The van der Waals surface area contributed by atoms with Crippen LogP contribution in [0.4, 0.5) is 0 Å². The van der Waals surface area contributed by atoms with Crippen molar-refractivity contribution in [1.82, 2.24) is 15.2 Å². The molecule has 0 aliphatic heterocycles. The van der Waals surface area contributed by atoms with E-state index in [0.29, 0.717) is 5.92 Å². The molecule has 2 aromatic rings. The maximum Gasteiger partial charge on any atom is 0.193 e. The summed E-state index contributed by atoms with van der Waals surface area (Å²) in [6.07, 6.45) is 2.17. The van der Waals surface area contributed by atoms with Crippen LogP contribution in [0.3, 0.4) is 0 Å². The molecule has 0 bridgehead atoms. The summed E-state index contributed by atoms with van der Waals surface area (Å²) in [5.41, 5.74) is 3.82. The first-order chi connectivity index (χ1) is 13.4. The minimum Gasteiger partial charge on any atom is -0.375 e.